The Bertz CT molecular complexity index is 647. The topological polar surface area (TPSA) is 42.3 Å². The van der Waals surface area contributed by atoms with Crippen LogP contribution in [0.3, 0.4) is 0 Å². The molecule has 1 aromatic carbocycles. The monoisotopic (exact) mass is 270 g/mol. The Kier molecular flexibility index (Phi) is 4.35. The molecule has 1 aromatic heterocycles. The molecule has 4 heteroatoms. The summed E-state index contributed by atoms with van der Waals surface area (Å²) in [7, 11) is 1.74. The zero-order valence-corrected chi connectivity index (χ0v) is 11.7. The molecule has 0 fully saturated rings. The van der Waals surface area contributed by atoms with Crippen molar-refractivity contribution in [1.82, 2.24) is 9.47 Å². The maximum Gasteiger partial charge on any atom is 0.251 e. The molecule has 0 atom stereocenters. The van der Waals surface area contributed by atoms with Gasteiger partial charge < -0.3 is 9.47 Å². The van der Waals surface area contributed by atoms with E-state index in [1.807, 2.05) is 43.3 Å². The summed E-state index contributed by atoms with van der Waals surface area (Å²) in [5, 5.41) is 0. The summed E-state index contributed by atoms with van der Waals surface area (Å²) >= 11 is 0. The third-order valence-electron chi connectivity index (χ3n) is 3.15. The summed E-state index contributed by atoms with van der Waals surface area (Å²) in [6.07, 6.45) is 1.66. The van der Waals surface area contributed by atoms with Gasteiger partial charge in [0.2, 0.25) is 5.91 Å². The summed E-state index contributed by atoms with van der Waals surface area (Å²) < 4.78 is 1.43. The van der Waals surface area contributed by atoms with Crippen molar-refractivity contribution in [3.63, 3.8) is 0 Å². The molecule has 0 aliphatic rings. The van der Waals surface area contributed by atoms with Crippen molar-refractivity contribution in [2.75, 3.05) is 7.05 Å². The van der Waals surface area contributed by atoms with Crippen molar-refractivity contribution in [2.45, 2.75) is 20.0 Å². The Morgan fingerprint density at radius 1 is 1.20 bits per heavy atom. The summed E-state index contributed by atoms with van der Waals surface area (Å²) in [5.74, 6) is -0.0835. The second kappa shape index (κ2) is 6.19. The maximum atomic E-state index is 12.1. The van der Waals surface area contributed by atoms with E-state index < -0.39 is 0 Å². The first-order chi connectivity index (χ1) is 9.56. The molecule has 1 amide bonds. The minimum absolute atomic E-state index is 0.0719. The summed E-state index contributed by atoms with van der Waals surface area (Å²) in [6.45, 7) is 2.47. The van der Waals surface area contributed by atoms with E-state index in [1.54, 1.807) is 18.1 Å². The highest BCUT2D eigenvalue weighted by molar-refractivity contribution is 5.75. The second-order valence-corrected chi connectivity index (χ2v) is 4.91. The molecule has 104 valence electrons. The van der Waals surface area contributed by atoms with E-state index >= 15 is 0 Å². The van der Waals surface area contributed by atoms with Gasteiger partial charge in [-0.25, -0.2) is 0 Å². The average molecular weight is 270 g/mol. The lowest BCUT2D eigenvalue weighted by Crippen LogP contribution is -2.33. The number of amides is 1. The van der Waals surface area contributed by atoms with E-state index in [9.17, 15) is 9.59 Å². The van der Waals surface area contributed by atoms with Gasteiger partial charge >= 0.3 is 0 Å². The van der Waals surface area contributed by atoms with E-state index in [-0.39, 0.29) is 18.0 Å². The number of carbonyl (C=O) groups is 1. The standard InChI is InChI=1S/C16H18N2O2/c1-13-8-9-18(15(19)10-13)12-16(20)17(2)11-14-6-4-3-5-7-14/h3-10H,11-12H2,1-2H3. The van der Waals surface area contributed by atoms with Crippen molar-refractivity contribution in [3.8, 4) is 0 Å². The molecule has 0 N–H and O–H groups in total. The van der Waals surface area contributed by atoms with Gasteiger partial charge in [0, 0.05) is 25.9 Å². The summed E-state index contributed by atoms with van der Waals surface area (Å²) in [5.41, 5.74) is 1.82. The van der Waals surface area contributed by atoms with E-state index in [0.29, 0.717) is 6.54 Å². The molecule has 0 saturated carbocycles. The zero-order valence-electron chi connectivity index (χ0n) is 11.7. The zero-order chi connectivity index (χ0) is 14.5. The fourth-order valence-corrected chi connectivity index (χ4v) is 1.95. The van der Waals surface area contributed by atoms with Crippen LogP contribution in [0, 0.1) is 6.92 Å². The van der Waals surface area contributed by atoms with E-state index in [0.717, 1.165) is 11.1 Å². The predicted molar refractivity (Wildman–Crippen MR) is 78.4 cm³/mol. The van der Waals surface area contributed by atoms with Gasteiger partial charge in [0.25, 0.3) is 5.56 Å². The minimum atomic E-state index is -0.147. The summed E-state index contributed by atoms with van der Waals surface area (Å²) in [6, 6.07) is 13.1. The molecule has 2 aromatic rings. The highest BCUT2D eigenvalue weighted by Gasteiger charge is 2.10. The van der Waals surface area contributed by atoms with Gasteiger partial charge in [0.1, 0.15) is 6.54 Å². The number of carbonyl (C=O) groups excluding carboxylic acids is 1. The molecular weight excluding hydrogens is 252 g/mol. The molecule has 0 aliphatic heterocycles. The number of nitrogens with zero attached hydrogens (tertiary/aromatic N) is 2. The fourth-order valence-electron chi connectivity index (χ4n) is 1.95. The smallest absolute Gasteiger partial charge is 0.251 e. The first kappa shape index (κ1) is 14.1. The SMILES string of the molecule is Cc1ccn(CC(=O)N(C)Cc2ccccc2)c(=O)c1. The van der Waals surface area contributed by atoms with Crippen molar-refractivity contribution in [3.05, 3.63) is 70.1 Å². The van der Waals surface area contributed by atoms with Crippen molar-refractivity contribution >= 4 is 5.91 Å². The predicted octanol–water partition coefficient (Wildman–Crippen LogP) is 1.82. The highest BCUT2D eigenvalue weighted by Crippen LogP contribution is 2.03. The number of likely N-dealkylation sites (N-methyl/N-ethyl adjacent to an activating group) is 1. The second-order valence-electron chi connectivity index (χ2n) is 4.91. The van der Waals surface area contributed by atoms with Crippen LogP contribution in [0.5, 0.6) is 0 Å². The molecule has 0 aliphatic carbocycles. The van der Waals surface area contributed by atoms with Crippen molar-refractivity contribution in [1.29, 1.82) is 0 Å². The Labute approximate surface area is 118 Å². The van der Waals surface area contributed by atoms with Crippen LogP contribution in [0.4, 0.5) is 0 Å². The van der Waals surface area contributed by atoms with Gasteiger partial charge in [0.05, 0.1) is 0 Å². The van der Waals surface area contributed by atoms with E-state index in [2.05, 4.69) is 0 Å². The molecule has 4 nitrogen and oxygen atoms in total. The van der Waals surface area contributed by atoms with Crippen molar-refractivity contribution < 1.29 is 4.79 Å². The van der Waals surface area contributed by atoms with Crippen molar-refractivity contribution in [2.24, 2.45) is 0 Å². The van der Waals surface area contributed by atoms with Gasteiger partial charge in [-0.05, 0) is 24.1 Å². The number of rotatable bonds is 4. The molecule has 0 unspecified atom stereocenters. The third-order valence-corrected chi connectivity index (χ3v) is 3.15. The first-order valence-electron chi connectivity index (χ1n) is 6.51. The van der Waals surface area contributed by atoms with Gasteiger partial charge in [-0.15, -0.1) is 0 Å². The molecule has 2 rings (SSSR count). The molecule has 0 spiro atoms. The molecule has 1 heterocycles. The lowest BCUT2D eigenvalue weighted by Gasteiger charge is -2.18. The number of aromatic nitrogens is 1. The third kappa shape index (κ3) is 3.57. The fraction of sp³-hybridized carbons (Fsp3) is 0.250. The maximum absolute atomic E-state index is 12.1. The van der Waals surface area contributed by atoms with Gasteiger partial charge in [-0.1, -0.05) is 30.3 Å². The van der Waals surface area contributed by atoms with Crippen LogP contribution in [-0.2, 0) is 17.9 Å². The minimum Gasteiger partial charge on any atom is -0.340 e. The number of hydrogen-bond donors (Lipinski definition) is 0. The lowest BCUT2D eigenvalue weighted by molar-refractivity contribution is -0.131. The highest BCUT2D eigenvalue weighted by atomic mass is 16.2. The van der Waals surface area contributed by atoms with Gasteiger partial charge in [-0.3, -0.25) is 9.59 Å². The number of aryl methyl sites for hydroxylation is 1. The average Bonchev–Trinajstić information content (AvgIpc) is 2.43. The number of pyridine rings is 1. The molecule has 0 bridgehead atoms. The quantitative estimate of drug-likeness (QED) is 0.850. The molecule has 0 saturated heterocycles. The summed E-state index contributed by atoms with van der Waals surface area (Å²) in [4.78, 5) is 25.5. The molecular formula is C16H18N2O2. The van der Waals surface area contributed by atoms with Gasteiger partial charge in [0.15, 0.2) is 0 Å². The van der Waals surface area contributed by atoms with Crippen LogP contribution in [0.1, 0.15) is 11.1 Å². The van der Waals surface area contributed by atoms with Crippen LogP contribution in [-0.4, -0.2) is 22.4 Å². The van der Waals surface area contributed by atoms with Crippen LogP contribution < -0.4 is 5.56 Å². The molecule has 20 heavy (non-hydrogen) atoms. The Balaban J connectivity index is 2.02. The van der Waals surface area contributed by atoms with E-state index in [4.69, 9.17) is 0 Å². The number of benzene rings is 1. The Morgan fingerprint density at radius 2 is 1.90 bits per heavy atom. The van der Waals surface area contributed by atoms with Crippen LogP contribution >= 0.6 is 0 Å². The van der Waals surface area contributed by atoms with Crippen LogP contribution in [0.15, 0.2) is 53.5 Å². The van der Waals surface area contributed by atoms with E-state index in [1.165, 1.54) is 10.6 Å². The van der Waals surface area contributed by atoms with Crippen LogP contribution in [0.2, 0.25) is 0 Å². The first-order valence-corrected chi connectivity index (χ1v) is 6.51. The Hall–Kier alpha value is -2.36. The largest absolute Gasteiger partial charge is 0.340 e. The Morgan fingerprint density at radius 3 is 2.55 bits per heavy atom. The lowest BCUT2D eigenvalue weighted by atomic mass is 10.2. The normalized spacial score (nSPS) is 10.3. The van der Waals surface area contributed by atoms with Crippen LogP contribution in [0.25, 0.3) is 0 Å². The number of hydrogen-bond acceptors (Lipinski definition) is 2. The van der Waals surface area contributed by atoms with Gasteiger partial charge in [-0.2, -0.15) is 0 Å². The molecule has 0 radical (unpaired) electrons.